The van der Waals surface area contributed by atoms with Crippen LogP contribution in [0, 0.1) is 0 Å². The van der Waals surface area contributed by atoms with Crippen LogP contribution < -0.4 is 19.6 Å². The van der Waals surface area contributed by atoms with Gasteiger partial charge in [-0.2, -0.15) is 0 Å². The molecule has 32 rings (SSSR count). The summed E-state index contributed by atoms with van der Waals surface area (Å²) in [4.78, 5) is 9.16. The molecule has 0 amide bonds. The predicted molar refractivity (Wildman–Crippen MR) is 602 cm³/mol. The summed E-state index contributed by atoms with van der Waals surface area (Å²) < 4.78 is 44.9. The molecule has 0 bridgehead atoms. The third kappa shape index (κ3) is 11.9. The molecule has 10 heteroatoms. The van der Waals surface area contributed by atoms with E-state index in [9.17, 15) is 0 Å². The highest BCUT2D eigenvalue weighted by Gasteiger charge is 2.67. The average Bonchev–Trinajstić information content (AvgIpc) is 1.50. The highest BCUT2D eigenvalue weighted by atomic mass is 16.4. The number of benzene rings is 20. The van der Waals surface area contributed by atoms with Crippen molar-refractivity contribution in [1.82, 2.24) is 0 Å². The van der Waals surface area contributed by atoms with Gasteiger partial charge in [0.05, 0.1) is 22.1 Å². The Kier molecular flexibility index (Phi) is 18.6. The lowest BCUT2D eigenvalue weighted by atomic mass is 9.57. The molecule has 10 nitrogen and oxygen atoms in total. The van der Waals surface area contributed by atoms with E-state index in [1.54, 1.807) is 0 Å². The molecule has 0 atom stereocenters. The van der Waals surface area contributed by atoms with Crippen molar-refractivity contribution >= 4 is 113 Å². The molecule has 0 radical (unpaired) electrons. The smallest absolute Gasteiger partial charge is 0.205 e. The Morgan fingerprint density at radius 3 is 0.633 bits per heavy atom. The first-order valence-corrected chi connectivity index (χ1v) is 51.3. The first kappa shape index (κ1) is 84.8. The van der Waals surface area contributed by atoms with E-state index in [1.807, 2.05) is 24.3 Å². The van der Waals surface area contributed by atoms with Gasteiger partial charge in [-0.05, 0) is 259 Å². The minimum absolute atomic E-state index is 0.672. The van der Waals surface area contributed by atoms with Gasteiger partial charge in [0, 0.05) is 102 Å². The molecule has 6 aromatic heterocycles. The molecule has 6 aliphatic rings. The van der Waals surface area contributed by atoms with Crippen LogP contribution in [0.1, 0.15) is 89.8 Å². The van der Waals surface area contributed by atoms with Crippen LogP contribution in [0.5, 0.6) is 0 Å². The number of anilines is 12. The summed E-state index contributed by atoms with van der Waals surface area (Å²) in [5, 5.41) is 4.08. The van der Waals surface area contributed by atoms with E-state index in [-0.39, 0.29) is 0 Å². The van der Waals surface area contributed by atoms with Gasteiger partial charge in [0.1, 0.15) is 78.6 Å². The fraction of sp³-hybridized carbons (Fsp3) is 0.0286. The van der Waals surface area contributed by atoms with Crippen molar-refractivity contribution in [3.63, 3.8) is 0 Å². The summed E-state index contributed by atoms with van der Waals surface area (Å²) in [6, 6.07) is 191. The lowest BCUT2D eigenvalue weighted by Gasteiger charge is -2.42. The van der Waals surface area contributed by atoms with Crippen molar-refractivity contribution in [2.45, 2.75) is 21.7 Å². The first-order chi connectivity index (χ1) is 74.4. The van der Waals surface area contributed by atoms with Gasteiger partial charge in [-0.25, -0.2) is 0 Å². The summed E-state index contributed by atoms with van der Waals surface area (Å²) in [6.45, 7) is 0. The molecule has 0 saturated carbocycles. The first-order valence-electron chi connectivity index (χ1n) is 51.3. The normalized spacial score (nSPS) is 13.8. The van der Waals surface area contributed by atoms with Crippen LogP contribution in [0.15, 0.2) is 560 Å². The van der Waals surface area contributed by atoms with E-state index < -0.39 is 21.7 Å². The van der Waals surface area contributed by atoms with Crippen molar-refractivity contribution in [1.29, 1.82) is 0 Å². The Bertz CT molecular complexity index is 8960. The van der Waals surface area contributed by atoms with Gasteiger partial charge < -0.3 is 36.3 Å². The van der Waals surface area contributed by atoms with Crippen molar-refractivity contribution < 1.29 is 26.5 Å². The molecular weight excluding hydrogens is 1830 g/mol. The zero-order valence-corrected chi connectivity index (χ0v) is 81.0. The lowest BCUT2D eigenvalue weighted by molar-refractivity contribution is 0.405. The van der Waals surface area contributed by atoms with E-state index in [2.05, 4.69) is 529 Å². The lowest BCUT2D eigenvalue weighted by Crippen LogP contribution is -2.42. The topological polar surface area (TPSA) is 91.8 Å². The zero-order chi connectivity index (χ0) is 98.5. The highest BCUT2D eigenvalue weighted by molar-refractivity contribution is 6.15. The molecule has 20 aromatic carbocycles. The van der Waals surface area contributed by atoms with Crippen molar-refractivity contribution in [3.8, 4) is 67.2 Å². The van der Waals surface area contributed by atoms with Gasteiger partial charge in [-0.1, -0.05) is 352 Å². The molecule has 0 aliphatic heterocycles. The second-order valence-electron chi connectivity index (χ2n) is 39.7. The molecule has 150 heavy (non-hydrogen) atoms. The molecular formula is C140H88N4O6. The van der Waals surface area contributed by atoms with Gasteiger partial charge in [-0.15, -0.1) is 0 Å². The third-order valence-electron chi connectivity index (χ3n) is 32.3. The number of fused-ring (bicyclic) bond motifs is 38. The van der Waals surface area contributed by atoms with Gasteiger partial charge >= 0.3 is 0 Å². The molecule has 0 unspecified atom stereocenters. The monoisotopic (exact) mass is 1920 g/mol. The maximum atomic E-state index is 8.10. The Hall–Kier alpha value is -19.7. The second kappa shape index (κ2) is 32.9. The molecule has 6 heterocycles. The van der Waals surface area contributed by atoms with Crippen LogP contribution in [0.3, 0.4) is 0 Å². The predicted octanol–water partition coefficient (Wildman–Crippen LogP) is 36.8. The van der Waals surface area contributed by atoms with E-state index in [4.69, 9.17) is 26.5 Å². The minimum Gasteiger partial charge on any atom is -0.459 e. The maximum Gasteiger partial charge on any atom is 0.205 e. The van der Waals surface area contributed by atoms with Crippen LogP contribution in [0.25, 0.3) is 111 Å². The van der Waals surface area contributed by atoms with Gasteiger partial charge in [0.25, 0.3) is 0 Å². The summed E-state index contributed by atoms with van der Waals surface area (Å²) in [5.41, 5.74) is 34.6. The molecule has 704 valence electrons. The van der Waals surface area contributed by atoms with E-state index in [0.717, 1.165) is 213 Å². The molecule has 0 N–H and O–H groups in total. The Labute approximate surface area is 865 Å². The molecule has 4 spiro atoms. The van der Waals surface area contributed by atoms with Crippen molar-refractivity contribution in [2.75, 3.05) is 19.6 Å². The maximum absolute atomic E-state index is 8.10. The molecule has 26 aromatic rings. The van der Waals surface area contributed by atoms with E-state index >= 15 is 0 Å². The number of furan rings is 6. The summed E-state index contributed by atoms with van der Waals surface area (Å²) >= 11 is 0. The molecule has 0 saturated heterocycles. The zero-order valence-electron chi connectivity index (χ0n) is 81.0. The number of rotatable bonds is 14. The van der Waals surface area contributed by atoms with Crippen LogP contribution >= 0.6 is 0 Å². The largest absolute Gasteiger partial charge is 0.459 e. The SMILES string of the molecule is c1ccc(N(c2cc3c(o2)C2(c4ccccc4-c4ccccc42)c2cc(N(c4ccccc4)c4cccc5oc6ccccc6c45)oc2C32c3ccccc3-c3ccccc32)c2cccc3oc4ccccc4c23)cc1.c1ccc(N(c2ccccc2)c2ccc(-c3cc4c(o3)C3(c5ccccc5-c5ccccc53)c3cc(-c5ccc(N(c6ccccc6)c6ccccc6)cc5)oc3C43c4ccccc4-c4ccccc43)cc2)cc1. The number of nitrogens with zero attached hydrogens (tertiary/aromatic N) is 4. The summed E-state index contributed by atoms with van der Waals surface area (Å²) in [6.07, 6.45) is 0. The number of para-hydroxylation sites is 8. The standard InChI is InChI=1S/C70H42N2O4.C70H46N2O2/c1-3-21-43(22-4-1)71(57-35-19-39-61-65(57)49-29-11-17-37-59(49)73-61)63-41-55-67(75-63)70(53-33-15-9-27-47(53)48-28-10-16-34-54(48)70)56-42-64(76-68(56)69(55)51-31-13-7-25-45(51)46-26-8-14-32-52(46)69)72(44-23-5-2-6-24-44)58-36-20-40-62-66(58)50-30-12-18-38-60(50)74-62;1-5-21-49(22-6-1)71(50-23-7-2-8-24-50)53-41-37-47(38-42-53)65-45-63-67(73-65)70(61-35-19-15-31-57(61)58-32-16-20-36-62(58)70)64-46-66(74-68(64)69(63)59-33-17-13-29-55(59)56-30-14-18-34-60(56)69)48-39-43-54(44-40-48)72(51-25-9-3-10-26-51)52-27-11-4-12-28-52/h1-42H;1-46H. The van der Waals surface area contributed by atoms with Crippen molar-refractivity contribution in [2.24, 2.45) is 0 Å². The third-order valence-corrected chi connectivity index (χ3v) is 32.3. The van der Waals surface area contributed by atoms with Crippen molar-refractivity contribution in [3.05, 3.63) is 624 Å². The van der Waals surface area contributed by atoms with Gasteiger partial charge in [-0.3, -0.25) is 9.80 Å². The number of hydrogen-bond donors (Lipinski definition) is 0. The quantitative estimate of drug-likeness (QED) is 0.105. The van der Waals surface area contributed by atoms with Crippen LogP contribution in [0.2, 0.25) is 0 Å². The molecule has 6 aliphatic carbocycles. The van der Waals surface area contributed by atoms with Crippen LogP contribution in [-0.4, -0.2) is 0 Å². The van der Waals surface area contributed by atoms with Gasteiger partial charge in [0.15, 0.2) is 0 Å². The number of hydrogen-bond acceptors (Lipinski definition) is 10. The Balaban J connectivity index is 0.000000135. The Morgan fingerprint density at radius 2 is 0.360 bits per heavy atom. The second-order valence-corrected chi connectivity index (χ2v) is 39.7. The summed E-state index contributed by atoms with van der Waals surface area (Å²) in [5.74, 6) is 6.45. The fourth-order valence-corrected chi connectivity index (χ4v) is 26.4. The summed E-state index contributed by atoms with van der Waals surface area (Å²) in [7, 11) is 0. The van der Waals surface area contributed by atoms with E-state index in [0.29, 0.717) is 11.8 Å². The minimum atomic E-state index is -0.997. The molecule has 0 fully saturated rings. The van der Waals surface area contributed by atoms with E-state index in [1.165, 1.54) is 44.5 Å². The highest BCUT2D eigenvalue weighted by Crippen LogP contribution is 2.73. The van der Waals surface area contributed by atoms with Crippen LogP contribution in [-0.2, 0) is 21.7 Å². The fourth-order valence-electron chi connectivity index (χ4n) is 26.4. The average molecular weight is 1920 g/mol. The Morgan fingerprint density at radius 1 is 0.147 bits per heavy atom. The van der Waals surface area contributed by atoms with Crippen LogP contribution in [0.4, 0.5) is 68.6 Å². The van der Waals surface area contributed by atoms with Gasteiger partial charge in [0.2, 0.25) is 11.8 Å².